The number of methoxy groups -OCH3 is 2. The molecular formula is C25H30N4O3S. The number of aromatic nitrogens is 3. The van der Waals surface area contributed by atoms with Gasteiger partial charge in [-0.3, -0.25) is 9.36 Å². The van der Waals surface area contributed by atoms with Crippen LogP contribution in [0.3, 0.4) is 0 Å². The summed E-state index contributed by atoms with van der Waals surface area (Å²) in [5.41, 5.74) is 1.88. The van der Waals surface area contributed by atoms with Crippen molar-refractivity contribution in [3.05, 3.63) is 66.7 Å². The standard InChI is InChI=1S/C25H30N4O3S/c1-6-15-29-24(20-9-7-8-10-21(20)32-5)27-28-25(29)33-16-22(30)26-23(17(2)3)18-11-13-19(31-4)14-12-18/h6-14,17,23H,1,15-16H2,2-5H3,(H,26,30). The SMILES string of the molecule is C=CCn1c(SCC(=O)NC(c2ccc(OC)cc2)C(C)C)nnc1-c1ccccc1OC. The lowest BCUT2D eigenvalue weighted by Crippen LogP contribution is -2.33. The number of rotatable bonds is 11. The summed E-state index contributed by atoms with van der Waals surface area (Å²) in [6, 6.07) is 15.3. The fraction of sp³-hybridized carbons (Fsp3) is 0.320. The summed E-state index contributed by atoms with van der Waals surface area (Å²) in [5.74, 6) is 2.56. The average molecular weight is 467 g/mol. The van der Waals surface area contributed by atoms with Crippen LogP contribution >= 0.6 is 11.8 Å². The van der Waals surface area contributed by atoms with Gasteiger partial charge in [-0.2, -0.15) is 0 Å². The van der Waals surface area contributed by atoms with Gasteiger partial charge in [0.05, 0.1) is 31.6 Å². The summed E-state index contributed by atoms with van der Waals surface area (Å²) in [6.45, 7) is 8.54. The fourth-order valence-corrected chi connectivity index (χ4v) is 4.27. The maximum atomic E-state index is 12.8. The third-order valence-electron chi connectivity index (χ3n) is 5.17. The normalized spacial score (nSPS) is 11.8. The Balaban J connectivity index is 1.73. The Kier molecular flexibility index (Phi) is 8.54. The van der Waals surface area contributed by atoms with Gasteiger partial charge in [-0.25, -0.2) is 0 Å². The Morgan fingerprint density at radius 2 is 1.85 bits per heavy atom. The Morgan fingerprint density at radius 3 is 2.48 bits per heavy atom. The third-order valence-corrected chi connectivity index (χ3v) is 6.13. The minimum Gasteiger partial charge on any atom is -0.497 e. The Bertz CT molecular complexity index is 1080. The first-order chi connectivity index (χ1) is 16.0. The van der Waals surface area contributed by atoms with E-state index in [1.54, 1.807) is 20.3 Å². The van der Waals surface area contributed by atoms with Gasteiger partial charge in [0.15, 0.2) is 11.0 Å². The van der Waals surface area contributed by atoms with Crippen LogP contribution in [0.4, 0.5) is 0 Å². The minimum absolute atomic E-state index is 0.0680. The molecule has 0 aliphatic carbocycles. The number of benzene rings is 2. The van der Waals surface area contributed by atoms with Gasteiger partial charge in [-0.05, 0) is 35.7 Å². The second kappa shape index (κ2) is 11.6. The van der Waals surface area contributed by atoms with E-state index < -0.39 is 0 Å². The van der Waals surface area contributed by atoms with Crippen LogP contribution in [0.1, 0.15) is 25.5 Å². The molecule has 0 radical (unpaired) electrons. The lowest BCUT2D eigenvalue weighted by Gasteiger charge is -2.23. The second-order valence-corrected chi connectivity index (χ2v) is 8.70. The molecule has 1 N–H and O–H groups in total. The van der Waals surface area contributed by atoms with Crippen LogP contribution < -0.4 is 14.8 Å². The number of carbonyl (C=O) groups is 1. The van der Waals surface area contributed by atoms with Crippen LogP contribution in [-0.4, -0.2) is 40.6 Å². The summed E-state index contributed by atoms with van der Waals surface area (Å²) in [5, 5.41) is 12.5. The number of nitrogens with zero attached hydrogens (tertiary/aromatic N) is 3. The van der Waals surface area contributed by atoms with Crippen LogP contribution in [-0.2, 0) is 11.3 Å². The molecule has 8 heteroatoms. The highest BCUT2D eigenvalue weighted by Gasteiger charge is 2.21. The second-order valence-electron chi connectivity index (χ2n) is 7.76. The zero-order valence-corrected chi connectivity index (χ0v) is 20.3. The monoisotopic (exact) mass is 466 g/mol. The molecule has 0 aliphatic heterocycles. The number of ether oxygens (including phenoxy) is 2. The van der Waals surface area contributed by atoms with E-state index >= 15 is 0 Å². The van der Waals surface area contributed by atoms with E-state index in [1.807, 2.05) is 53.1 Å². The van der Waals surface area contributed by atoms with Crippen LogP contribution in [0.15, 0.2) is 66.3 Å². The van der Waals surface area contributed by atoms with E-state index in [0.717, 1.165) is 16.9 Å². The van der Waals surface area contributed by atoms with Gasteiger partial charge in [-0.15, -0.1) is 16.8 Å². The van der Waals surface area contributed by atoms with Crippen molar-refractivity contribution < 1.29 is 14.3 Å². The van der Waals surface area contributed by atoms with Gasteiger partial charge < -0.3 is 14.8 Å². The van der Waals surface area contributed by atoms with Crippen LogP contribution in [0.25, 0.3) is 11.4 Å². The summed E-state index contributed by atoms with van der Waals surface area (Å²) >= 11 is 1.35. The summed E-state index contributed by atoms with van der Waals surface area (Å²) in [7, 11) is 3.26. The molecule has 0 saturated carbocycles. The maximum Gasteiger partial charge on any atom is 0.230 e. The number of para-hydroxylation sites is 1. The van der Waals surface area contributed by atoms with Crippen molar-refractivity contribution in [2.24, 2.45) is 5.92 Å². The topological polar surface area (TPSA) is 78.3 Å². The Morgan fingerprint density at radius 1 is 1.12 bits per heavy atom. The number of carbonyl (C=O) groups excluding carboxylic acids is 1. The number of thioether (sulfide) groups is 1. The molecule has 33 heavy (non-hydrogen) atoms. The highest BCUT2D eigenvalue weighted by atomic mass is 32.2. The molecule has 1 amide bonds. The molecule has 3 rings (SSSR count). The van der Waals surface area contributed by atoms with Crippen LogP contribution in [0.2, 0.25) is 0 Å². The summed E-state index contributed by atoms with van der Waals surface area (Å²) in [4.78, 5) is 12.8. The highest BCUT2D eigenvalue weighted by molar-refractivity contribution is 7.99. The maximum absolute atomic E-state index is 12.8. The van der Waals surface area contributed by atoms with E-state index in [9.17, 15) is 4.79 Å². The van der Waals surface area contributed by atoms with Gasteiger partial charge in [-0.1, -0.05) is 56.0 Å². The van der Waals surface area contributed by atoms with Crippen molar-refractivity contribution in [3.63, 3.8) is 0 Å². The molecule has 3 aromatic rings. The van der Waals surface area contributed by atoms with E-state index in [1.165, 1.54) is 11.8 Å². The van der Waals surface area contributed by atoms with Gasteiger partial charge >= 0.3 is 0 Å². The van der Waals surface area contributed by atoms with Crippen molar-refractivity contribution in [1.82, 2.24) is 20.1 Å². The molecule has 1 atom stereocenters. The van der Waals surface area contributed by atoms with E-state index in [2.05, 4.69) is 35.9 Å². The van der Waals surface area contributed by atoms with E-state index in [0.29, 0.717) is 23.3 Å². The molecule has 0 bridgehead atoms. The molecule has 0 fully saturated rings. The zero-order chi connectivity index (χ0) is 23.8. The van der Waals surface area contributed by atoms with Crippen molar-refractivity contribution in [2.75, 3.05) is 20.0 Å². The molecule has 1 aromatic heterocycles. The number of nitrogens with one attached hydrogen (secondary N) is 1. The number of amides is 1. The summed E-state index contributed by atoms with van der Waals surface area (Å²) in [6.07, 6.45) is 1.78. The fourth-order valence-electron chi connectivity index (χ4n) is 3.51. The summed E-state index contributed by atoms with van der Waals surface area (Å²) < 4.78 is 12.7. The Labute approximate surface area is 199 Å². The molecule has 2 aromatic carbocycles. The Hall–Kier alpha value is -3.26. The first-order valence-corrected chi connectivity index (χ1v) is 11.7. The van der Waals surface area contributed by atoms with Crippen molar-refractivity contribution in [1.29, 1.82) is 0 Å². The van der Waals surface area contributed by atoms with Crippen molar-refractivity contribution in [3.8, 4) is 22.9 Å². The van der Waals surface area contributed by atoms with Crippen molar-refractivity contribution in [2.45, 2.75) is 31.6 Å². The molecule has 1 heterocycles. The van der Waals surface area contributed by atoms with Gasteiger partial charge in [0.1, 0.15) is 11.5 Å². The van der Waals surface area contributed by atoms with Crippen molar-refractivity contribution >= 4 is 17.7 Å². The highest BCUT2D eigenvalue weighted by Crippen LogP contribution is 2.31. The first-order valence-electron chi connectivity index (χ1n) is 10.7. The van der Waals surface area contributed by atoms with Gasteiger partial charge in [0, 0.05) is 6.54 Å². The molecule has 0 spiro atoms. The first kappa shape index (κ1) is 24.4. The molecule has 0 aliphatic rings. The smallest absolute Gasteiger partial charge is 0.230 e. The minimum atomic E-state index is -0.0980. The number of allylic oxidation sites excluding steroid dienone is 1. The molecular weight excluding hydrogens is 436 g/mol. The van der Waals surface area contributed by atoms with Crippen LogP contribution in [0.5, 0.6) is 11.5 Å². The molecule has 174 valence electrons. The molecule has 7 nitrogen and oxygen atoms in total. The largest absolute Gasteiger partial charge is 0.497 e. The van der Waals surface area contributed by atoms with Gasteiger partial charge in [0.2, 0.25) is 5.91 Å². The quantitative estimate of drug-likeness (QED) is 0.324. The number of hydrogen-bond donors (Lipinski definition) is 1. The van der Waals surface area contributed by atoms with Crippen LogP contribution in [0, 0.1) is 5.92 Å². The third kappa shape index (κ3) is 5.96. The molecule has 1 unspecified atom stereocenters. The van der Waals surface area contributed by atoms with E-state index in [4.69, 9.17) is 9.47 Å². The van der Waals surface area contributed by atoms with Gasteiger partial charge in [0.25, 0.3) is 0 Å². The zero-order valence-electron chi connectivity index (χ0n) is 19.4. The number of hydrogen-bond acceptors (Lipinski definition) is 6. The average Bonchev–Trinajstić information content (AvgIpc) is 3.23. The lowest BCUT2D eigenvalue weighted by atomic mass is 9.96. The van der Waals surface area contributed by atoms with E-state index in [-0.39, 0.29) is 23.6 Å². The molecule has 0 saturated heterocycles. The predicted molar refractivity (Wildman–Crippen MR) is 132 cm³/mol. The predicted octanol–water partition coefficient (Wildman–Crippen LogP) is 4.75. The lowest BCUT2D eigenvalue weighted by molar-refractivity contribution is -0.119.